The molecule has 0 amide bonds. The minimum absolute atomic E-state index is 0.156. The lowest BCUT2D eigenvalue weighted by Crippen LogP contribution is -2.48. The smallest absolute Gasteiger partial charge is 0.0367 e. The quantitative estimate of drug-likeness (QED) is 0.610. The van der Waals surface area contributed by atoms with E-state index >= 15 is 0 Å². The zero-order valence-corrected chi connectivity index (χ0v) is 10.6. The average molecular weight is 195 g/mol. The van der Waals surface area contributed by atoms with Gasteiger partial charge in [-0.1, -0.05) is 32.4 Å². The molecule has 0 N–H and O–H groups in total. The molecule has 0 aromatic rings. The Balaban J connectivity index is 3.06. The summed E-state index contributed by atoms with van der Waals surface area (Å²) < 4.78 is 0. The van der Waals surface area contributed by atoms with Gasteiger partial charge in [0.15, 0.2) is 0 Å². The van der Waals surface area contributed by atoms with Gasteiger partial charge in [0.25, 0.3) is 0 Å². The zero-order chi connectivity index (χ0) is 11.1. The number of likely N-dealkylation sites (tertiary alicyclic amines) is 1. The first kappa shape index (κ1) is 11.8. The molecule has 1 heteroatoms. The molecule has 1 aliphatic rings. The Morgan fingerprint density at radius 2 is 1.86 bits per heavy atom. The van der Waals surface area contributed by atoms with Crippen molar-refractivity contribution >= 4 is 0 Å². The van der Waals surface area contributed by atoms with Crippen molar-refractivity contribution in [3.8, 4) is 0 Å². The molecule has 1 aliphatic heterocycles. The van der Waals surface area contributed by atoms with Crippen LogP contribution in [0.5, 0.6) is 0 Å². The minimum Gasteiger partial charge on any atom is -0.292 e. The van der Waals surface area contributed by atoms with Crippen LogP contribution < -0.4 is 0 Å². The third kappa shape index (κ3) is 1.33. The number of rotatable bonds is 2. The summed E-state index contributed by atoms with van der Waals surface area (Å²) in [7, 11) is 2.24. The molecule has 0 bridgehead atoms. The molecular formula is C13H25N. The van der Waals surface area contributed by atoms with Crippen LogP contribution in [0.1, 0.15) is 47.5 Å². The molecule has 0 aromatic carbocycles. The summed E-state index contributed by atoms with van der Waals surface area (Å²) in [5, 5.41) is 0. The van der Waals surface area contributed by atoms with Crippen molar-refractivity contribution in [3.05, 3.63) is 12.2 Å². The molecule has 0 saturated carbocycles. The molecule has 14 heavy (non-hydrogen) atoms. The van der Waals surface area contributed by atoms with E-state index in [1.807, 2.05) is 0 Å². The molecule has 2 unspecified atom stereocenters. The molecule has 1 saturated heterocycles. The summed E-state index contributed by atoms with van der Waals surface area (Å²) in [6.45, 7) is 15.8. The van der Waals surface area contributed by atoms with E-state index in [2.05, 4.69) is 53.1 Å². The summed E-state index contributed by atoms with van der Waals surface area (Å²) in [5.74, 6) is 0.599. The second-order valence-corrected chi connectivity index (χ2v) is 5.47. The molecule has 1 heterocycles. The lowest BCUT2D eigenvalue weighted by Gasteiger charge is -2.40. The molecule has 1 nitrogen and oxygen atoms in total. The van der Waals surface area contributed by atoms with E-state index < -0.39 is 0 Å². The van der Waals surface area contributed by atoms with Crippen molar-refractivity contribution in [3.63, 3.8) is 0 Å². The lowest BCUT2D eigenvalue weighted by atomic mass is 9.81. The van der Waals surface area contributed by atoms with Gasteiger partial charge in [0, 0.05) is 11.1 Å². The van der Waals surface area contributed by atoms with E-state index in [1.54, 1.807) is 0 Å². The maximum Gasteiger partial charge on any atom is 0.0367 e. The molecule has 0 aliphatic carbocycles. The van der Waals surface area contributed by atoms with Crippen LogP contribution in [-0.4, -0.2) is 23.0 Å². The predicted octanol–water partition coefficient (Wildman–Crippen LogP) is 3.46. The highest BCUT2D eigenvalue weighted by Crippen LogP contribution is 2.48. The molecule has 82 valence electrons. The van der Waals surface area contributed by atoms with Gasteiger partial charge in [0.05, 0.1) is 0 Å². The summed E-state index contributed by atoms with van der Waals surface area (Å²) >= 11 is 0. The molecule has 2 atom stereocenters. The number of nitrogens with zero attached hydrogens (tertiary/aromatic N) is 1. The zero-order valence-electron chi connectivity index (χ0n) is 10.6. The van der Waals surface area contributed by atoms with Crippen molar-refractivity contribution in [2.24, 2.45) is 5.92 Å². The average Bonchev–Trinajstić information content (AvgIpc) is 2.22. The van der Waals surface area contributed by atoms with Gasteiger partial charge >= 0.3 is 0 Å². The summed E-state index contributed by atoms with van der Waals surface area (Å²) in [4.78, 5) is 2.51. The first-order valence-corrected chi connectivity index (χ1v) is 5.71. The van der Waals surface area contributed by atoms with Crippen LogP contribution in [0, 0.1) is 5.92 Å². The van der Waals surface area contributed by atoms with E-state index in [9.17, 15) is 0 Å². The van der Waals surface area contributed by atoms with E-state index in [-0.39, 0.29) is 5.54 Å². The van der Waals surface area contributed by atoms with Crippen LogP contribution in [0.4, 0.5) is 0 Å². The van der Waals surface area contributed by atoms with E-state index in [0.717, 1.165) is 0 Å². The van der Waals surface area contributed by atoms with Crippen LogP contribution in [0.3, 0.4) is 0 Å². The molecular weight excluding hydrogens is 170 g/mol. The maximum absolute atomic E-state index is 4.27. The molecule has 1 rings (SSSR count). The van der Waals surface area contributed by atoms with E-state index in [0.29, 0.717) is 11.5 Å². The molecule has 1 fully saturated rings. The minimum atomic E-state index is 0.156. The van der Waals surface area contributed by atoms with Crippen molar-refractivity contribution in [2.75, 3.05) is 7.05 Å². The van der Waals surface area contributed by atoms with Crippen LogP contribution in [0.15, 0.2) is 12.2 Å². The summed E-state index contributed by atoms with van der Waals surface area (Å²) in [5.41, 5.74) is 1.84. The SMILES string of the molecule is C=C1C(C)C(C)(CCC)N(C)C1(C)C. The number of hydrogen-bond acceptors (Lipinski definition) is 1. The lowest BCUT2D eigenvalue weighted by molar-refractivity contribution is 0.0811. The Labute approximate surface area is 89.2 Å². The van der Waals surface area contributed by atoms with Crippen molar-refractivity contribution in [1.29, 1.82) is 0 Å². The number of likely N-dealkylation sites (N-methyl/N-ethyl adjacent to an activating group) is 1. The van der Waals surface area contributed by atoms with Gasteiger partial charge in [-0.15, -0.1) is 0 Å². The van der Waals surface area contributed by atoms with Crippen molar-refractivity contribution in [2.45, 2.75) is 58.5 Å². The fraction of sp³-hybridized carbons (Fsp3) is 0.846. The fourth-order valence-electron chi connectivity index (χ4n) is 2.94. The summed E-state index contributed by atoms with van der Waals surface area (Å²) in [6.07, 6.45) is 2.50. The van der Waals surface area contributed by atoms with Gasteiger partial charge in [-0.2, -0.15) is 0 Å². The van der Waals surface area contributed by atoms with Crippen molar-refractivity contribution < 1.29 is 0 Å². The van der Waals surface area contributed by atoms with Gasteiger partial charge in [0.1, 0.15) is 0 Å². The van der Waals surface area contributed by atoms with Crippen LogP contribution in [0.25, 0.3) is 0 Å². The Hall–Kier alpha value is -0.300. The first-order valence-electron chi connectivity index (χ1n) is 5.71. The van der Waals surface area contributed by atoms with E-state index in [4.69, 9.17) is 0 Å². The second-order valence-electron chi connectivity index (χ2n) is 5.47. The monoisotopic (exact) mass is 195 g/mol. The highest BCUT2D eigenvalue weighted by molar-refractivity contribution is 5.28. The first-order chi connectivity index (χ1) is 6.28. The normalized spacial score (nSPS) is 37.9. The van der Waals surface area contributed by atoms with Gasteiger partial charge < -0.3 is 0 Å². The Morgan fingerprint density at radius 3 is 2.14 bits per heavy atom. The fourth-order valence-corrected chi connectivity index (χ4v) is 2.94. The second kappa shape index (κ2) is 3.37. The Bertz CT molecular complexity index is 242. The van der Waals surface area contributed by atoms with Gasteiger partial charge in [-0.3, -0.25) is 4.90 Å². The van der Waals surface area contributed by atoms with Crippen LogP contribution in [-0.2, 0) is 0 Å². The topological polar surface area (TPSA) is 3.24 Å². The highest BCUT2D eigenvalue weighted by Gasteiger charge is 2.51. The molecule has 0 aromatic heterocycles. The molecule has 0 radical (unpaired) electrons. The van der Waals surface area contributed by atoms with Gasteiger partial charge in [-0.25, -0.2) is 0 Å². The third-order valence-corrected chi connectivity index (χ3v) is 4.60. The maximum atomic E-state index is 4.27. The van der Waals surface area contributed by atoms with Crippen LogP contribution in [0.2, 0.25) is 0 Å². The predicted molar refractivity (Wildman–Crippen MR) is 63.5 cm³/mol. The van der Waals surface area contributed by atoms with E-state index in [1.165, 1.54) is 18.4 Å². The van der Waals surface area contributed by atoms with Gasteiger partial charge in [-0.05, 0) is 40.2 Å². The standard InChI is InChI=1S/C13H25N/c1-8-9-13(6)11(3)10(2)12(4,5)14(13)7/h11H,2,8-9H2,1,3-7H3. The van der Waals surface area contributed by atoms with Crippen molar-refractivity contribution in [1.82, 2.24) is 4.90 Å². The molecule has 0 spiro atoms. The van der Waals surface area contributed by atoms with Gasteiger partial charge in [0.2, 0.25) is 0 Å². The van der Waals surface area contributed by atoms with Crippen LogP contribution >= 0.6 is 0 Å². The summed E-state index contributed by atoms with van der Waals surface area (Å²) in [6, 6.07) is 0. The third-order valence-electron chi connectivity index (χ3n) is 4.60. The highest BCUT2D eigenvalue weighted by atomic mass is 15.3. The Morgan fingerprint density at radius 1 is 1.36 bits per heavy atom. The Kier molecular flexibility index (Phi) is 2.84. The number of hydrogen-bond donors (Lipinski definition) is 0. The largest absolute Gasteiger partial charge is 0.292 e.